The van der Waals surface area contributed by atoms with Gasteiger partial charge in [-0.1, -0.05) is 235 Å². The molecule has 1 atom stereocenters. The standard InChI is InChI=1S/C59H102O6/c1-4-7-10-13-16-19-22-24-26-28-29-31-32-34-37-40-43-46-49-52-58(61)64-55-56(54-63-57(60)51-48-45-42-39-36-21-18-15-12-9-6-3)65-59(62)53-50-47-44-41-38-35-33-30-27-25-23-20-17-14-11-8-5-2/h7,10,15-16,18-19,24,26,29,31,34,37,56H,4-6,8-9,11-14,17,20-23,25,27-28,30,32-33,35-36,38-55H2,1-3H3/b10-7-,18-15-,19-16-,26-24-,31-29-,37-34-. The molecule has 6 heteroatoms. The van der Waals surface area contributed by atoms with E-state index in [9.17, 15) is 14.4 Å². The van der Waals surface area contributed by atoms with Crippen LogP contribution in [-0.4, -0.2) is 37.2 Å². The molecule has 374 valence electrons. The minimum atomic E-state index is -0.790. The van der Waals surface area contributed by atoms with E-state index in [-0.39, 0.29) is 31.1 Å². The SMILES string of the molecule is CC/C=C\C/C=C\C/C=C\C/C=C\C/C=C\CCCCCC(=O)OCC(COC(=O)CCCCCCC/C=C\CCCC)OC(=O)CCCCCCCCCCCCCCCCCCC. The first-order valence-electron chi connectivity index (χ1n) is 27.4. The maximum absolute atomic E-state index is 12.8. The van der Waals surface area contributed by atoms with Crippen LogP contribution in [0.4, 0.5) is 0 Å². The van der Waals surface area contributed by atoms with Gasteiger partial charge >= 0.3 is 17.9 Å². The van der Waals surface area contributed by atoms with Crippen LogP contribution in [0.15, 0.2) is 72.9 Å². The molecule has 0 heterocycles. The molecule has 0 rings (SSSR count). The molecule has 0 bridgehead atoms. The number of allylic oxidation sites excluding steroid dienone is 12. The van der Waals surface area contributed by atoms with Crippen LogP contribution in [0.5, 0.6) is 0 Å². The van der Waals surface area contributed by atoms with Crippen molar-refractivity contribution in [1.29, 1.82) is 0 Å². The van der Waals surface area contributed by atoms with Crippen LogP contribution in [0.1, 0.15) is 265 Å². The summed E-state index contributed by atoms with van der Waals surface area (Å²) in [6, 6.07) is 0. The summed E-state index contributed by atoms with van der Waals surface area (Å²) in [5.74, 6) is -0.924. The third-order valence-electron chi connectivity index (χ3n) is 11.7. The predicted molar refractivity (Wildman–Crippen MR) is 279 cm³/mol. The van der Waals surface area contributed by atoms with Crippen LogP contribution in [0.25, 0.3) is 0 Å². The molecule has 0 radical (unpaired) electrons. The molecule has 0 aliphatic heterocycles. The zero-order chi connectivity index (χ0) is 47.2. The average molecular weight is 907 g/mol. The molecule has 0 spiro atoms. The molecule has 6 nitrogen and oxygen atoms in total. The lowest BCUT2D eigenvalue weighted by molar-refractivity contribution is -0.167. The van der Waals surface area contributed by atoms with E-state index in [4.69, 9.17) is 14.2 Å². The van der Waals surface area contributed by atoms with E-state index in [1.54, 1.807) is 0 Å². The van der Waals surface area contributed by atoms with E-state index in [0.29, 0.717) is 19.3 Å². The van der Waals surface area contributed by atoms with Gasteiger partial charge in [0.25, 0.3) is 0 Å². The predicted octanol–water partition coefficient (Wildman–Crippen LogP) is 18.2. The summed E-state index contributed by atoms with van der Waals surface area (Å²) < 4.78 is 16.8. The maximum Gasteiger partial charge on any atom is 0.306 e. The highest BCUT2D eigenvalue weighted by Crippen LogP contribution is 2.16. The minimum Gasteiger partial charge on any atom is -0.462 e. The summed E-state index contributed by atoms with van der Waals surface area (Å²) in [5.41, 5.74) is 0. The zero-order valence-electron chi connectivity index (χ0n) is 42.7. The number of carbonyl (C=O) groups is 3. The Labute approximate surface area is 402 Å². The number of unbranched alkanes of at least 4 members (excludes halogenated alkanes) is 26. The smallest absolute Gasteiger partial charge is 0.306 e. The third kappa shape index (κ3) is 51.7. The highest BCUT2D eigenvalue weighted by molar-refractivity contribution is 5.71. The lowest BCUT2D eigenvalue weighted by atomic mass is 10.0. The van der Waals surface area contributed by atoms with E-state index in [2.05, 4.69) is 93.7 Å². The Bertz CT molecular complexity index is 1230. The fraction of sp³-hybridized carbons (Fsp3) is 0.746. The Kier molecular flexibility index (Phi) is 50.9. The van der Waals surface area contributed by atoms with E-state index < -0.39 is 6.10 Å². The molecule has 0 aromatic carbocycles. The Morgan fingerprint density at radius 2 is 0.615 bits per heavy atom. The molecule has 0 N–H and O–H groups in total. The summed E-state index contributed by atoms with van der Waals surface area (Å²) in [6.45, 7) is 6.47. The van der Waals surface area contributed by atoms with Gasteiger partial charge in [0.2, 0.25) is 0 Å². The van der Waals surface area contributed by atoms with Crippen molar-refractivity contribution >= 4 is 17.9 Å². The first kappa shape index (κ1) is 61.9. The van der Waals surface area contributed by atoms with Crippen molar-refractivity contribution < 1.29 is 28.6 Å². The monoisotopic (exact) mass is 907 g/mol. The quantitative estimate of drug-likeness (QED) is 0.0262. The van der Waals surface area contributed by atoms with Crippen molar-refractivity contribution in [2.45, 2.75) is 271 Å². The summed E-state index contributed by atoms with van der Waals surface area (Å²) in [4.78, 5) is 38.0. The van der Waals surface area contributed by atoms with Gasteiger partial charge in [-0.2, -0.15) is 0 Å². The van der Waals surface area contributed by atoms with Gasteiger partial charge in [0, 0.05) is 19.3 Å². The van der Waals surface area contributed by atoms with Crippen LogP contribution in [0, 0.1) is 0 Å². The Hall–Kier alpha value is -3.15. The highest BCUT2D eigenvalue weighted by atomic mass is 16.6. The lowest BCUT2D eigenvalue weighted by Crippen LogP contribution is -2.30. The molecule has 0 aromatic rings. The van der Waals surface area contributed by atoms with E-state index in [1.165, 1.54) is 122 Å². The van der Waals surface area contributed by atoms with Gasteiger partial charge in [0.05, 0.1) is 0 Å². The average Bonchev–Trinajstić information content (AvgIpc) is 3.30. The number of hydrogen-bond acceptors (Lipinski definition) is 6. The number of esters is 3. The zero-order valence-corrected chi connectivity index (χ0v) is 42.7. The molecular weight excluding hydrogens is 805 g/mol. The first-order valence-corrected chi connectivity index (χ1v) is 27.4. The fourth-order valence-electron chi connectivity index (χ4n) is 7.57. The number of ether oxygens (including phenoxy) is 3. The second kappa shape index (κ2) is 53.5. The second-order valence-electron chi connectivity index (χ2n) is 18.1. The largest absolute Gasteiger partial charge is 0.462 e. The van der Waals surface area contributed by atoms with E-state index >= 15 is 0 Å². The topological polar surface area (TPSA) is 78.9 Å². The Balaban J connectivity index is 4.40. The van der Waals surface area contributed by atoms with Crippen molar-refractivity contribution in [3.8, 4) is 0 Å². The van der Waals surface area contributed by atoms with Crippen LogP contribution >= 0.6 is 0 Å². The second-order valence-corrected chi connectivity index (χ2v) is 18.1. The van der Waals surface area contributed by atoms with E-state index in [1.807, 2.05) is 0 Å². The van der Waals surface area contributed by atoms with Crippen molar-refractivity contribution in [3.05, 3.63) is 72.9 Å². The van der Waals surface area contributed by atoms with Gasteiger partial charge in [0.1, 0.15) is 13.2 Å². The summed E-state index contributed by atoms with van der Waals surface area (Å²) in [7, 11) is 0. The first-order chi connectivity index (χ1) is 32.0. The third-order valence-corrected chi connectivity index (χ3v) is 11.7. The lowest BCUT2D eigenvalue weighted by Gasteiger charge is -2.18. The van der Waals surface area contributed by atoms with Gasteiger partial charge < -0.3 is 14.2 Å². The molecule has 0 aliphatic rings. The minimum absolute atomic E-state index is 0.0888. The Morgan fingerprint density at radius 1 is 0.323 bits per heavy atom. The molecule has 0 aliphatic carbocycles. The van der Waals surface area contributed by atoms with Crippen LogP contribution < -0.4 is 0 Å². The van der Waals surface area contributed by atoms with Crippen molar-refractivity contribution in [3.63, 3.8) is 0 Å². The summed E-state index contributed by atoms with van der Waals surface area (Å²) in [5, 5.41) is 0. The molecule has 0 amide bonds. The molecule has 0 saturated carbocycles. The van der Waals surface area contributed by atoms with Crippen LogP contribution in [0.3, 0.4) is 0 Å². The molecule has 1 unspecified atom stereocenters. The maximum atomic E-state index is 12.8. The number of hydrogen-bond donors (Lipinski definition) is 0. The number of carbonyl (C=O) groups excluding carboxylic acids is 3. The van der Waals surface area contributed by atoms with Gasteiger partial charge in [0.15, 0.2) is 6.10 Å². The van der Waals surface area contributed by atoms with Gasteiger partial charge in [-0.3, -0.25) is 14.4 Å². The summed E-state index contributed by atoms with van der Waals surface area (Å²) >= 11 is 0. The number of rotatable bonds is 49. The fourth-order valence-corrected chi connectivity index (χ4v) is 7.57. The normalized spacial score (nSPS) is 12.6. The van der Waals surface area contributed by atoms with Crippen molar-refractivity contribution in [2.75, 3.05) is 13.2 Å². The molecular formula is C59H102O6. The molecule has 65 heavy (non-hydrogen) atoms. The van der Waals surface area contributed by atoms with Gasteiger partial charge in [-0.05, 0) is 83.5 Å². The van der Waals surface area contributed by atoms with Crippen molar-refractivity contribution in [1.82, 2.24) is 0 Å². The van der Waals surface area contributed by atoms with Crippen molar-refractivity contribution in [2.24, 2.45) is 0 Å². The molecule has 0 aromatic heterocycles. The summed E-state index contributed by atoms with van der Waals surface area (Å²) in [6.07, 6.45) is 67.5. The van der Waals surface area contributed by atoms with Crippen LogP contribution in [0.2, 0.25) is 0 Å². The molecule has 0 saturated heterocycles. The molecule has 0 fully saturated rings. The van der Waals surface area contributed by atoms with E-state index in [0.717, 1.165) is 103 Å². The van der Waals surface area contributed by atoms with Gasteiger partial charge in [-0.15, -0.1) is 0 Å². The Morgan fingerprint density at radius 3 is 1.02 bits per heavy atom. The van der Waals surface area contributed by atoms with Crippen LogP contribution in [-0.2, 0) is 28.6 Å². The van der Waals surface area contributed by atoms with Gasteiger partial charge in [-0.25, -0.2) is 0 Å². The highest BCUT2D eigenvalue weighted by Gasteiger charge is 2.19.